The Morgan fingerprint density at radius 3 is 2.88 bits per heavy atom. The molecule has 1 rings (SSSR count). The molecule has 2 heteroatoms. The highest BCUT2D eigenvalue weighted by Crippen LogP contribution is 1.98. The number of nitrogens with one attached hydrogen (secondary N) is 1. The van der Waals surface area contributed by atoms with Gasteiger partial charge in [-0.3, -0.25) is 0 Å². The summed E-state index contributed by atoms with van der Waals surface area (Å²) < 4.78 is 0. The molecule has 0 amide bonds. The molecule has 1 heterocycles. The first-order chi connectivity index (χ1) is 3.79. The predicted molar refractivity (Wildman–Crippen MR) is 34.1 cm³/mol. The normalized spacial score (nSPS) is 19.6. The first-order valence-corrected chi connectivity index (χ1v) is 2.75. The molecule has 0 unspecified atom stereocenters. The van der Waals surface area contributed by atoms with Crippen LogP contribution in [0.1, 0.15) is 6.42 Å². The lowest BCUT2D eigenvalue weighted by Gasteiger charge is -2.17. The summed E-state index contributed by atoms with van der Waals surface area (Å²) in [6.07, 6.45) is 4.67. The molecule has 0 atom stereocenters. The maximum atomic E-state index is 7.17. The van der Waals surface area contributed by atoms with Crippen LogP contribution in [-0.4, -0.2) is 24.2 Å². The summed E-state index contributed by atoms with van der Waals surface area (Å²) in [5.74, 6) is 0. The molecule has 0 saturated heterocycles. The van der Waals surface area contributed by atoms with E-state index in [9.17, 15) is 0 Å². The van der Waals surface area contributed by atoms with Crippen LogP contribution in [0, 0.1) is 5.41 Å². The first kappa shape index (κ1) is 5.35. The Kier molecular flexibility index (Phi) is 1.33. The van der Waals surface area contributed by atoms with E-state index in [2.05, 4.69) is 4.90 Å². The largest absolute Gasteiger partial charge is 0.380 e. The molecule has 1 aliphatic heterocycles. The van der Waals surface area contributed by atoms with Crippen molar-refractivity contribution < 1.29 is 0 Å². The fourth-order valence-electron chi connectivity index (χ4n) is 0.672. The van der Waals surface area contributed by atoms with Crippen LogP contribution >= 0.6 is 0 Å². The second-order valence-corrected chi connectivity index (χ2v) is 2.07. The highest BCUT2D eigenvalue weighted by atomic mass is 15.1. The number of nitrogens with zero attached hydrogens (tertiary/aromatic N) is 1. The van der Waals surface area contributed by atoms with Gasteiger partial charge in [-0.1, -0.05) is 0 Å². The van der Waals surface area contributed by atoms with E-state index in [1.807, 2.05) is 19.3 Å². The minimum absolute atomic E-state index is 0.739. The number of hydrogen-bond donors (Lipinski definition) is 1. The number of allylic oxidation sites excluding steroid dienone is 1. The number of hydrogen-bond acceptors (Lipinski definition) is 2. The molecule has 0 radical (unpaired) electrons. The maximum Gasteiger partial charge on any atom is 0.0345 e. The first-order valence-electron chi connectivity index (χ1n) is 2.75. The van der Waals surface area contributed by atoms with Crippen LogP contribution < -0.4 is 0 Å². The van der Waals surface area contributed by atoms with Gasteiger partial charge in [0.1, 0.15) is 0 Å². The van der Waals surface area contributed by atoms with Crippen molar-refractivity contribution in [3.63, 3.8) is 0 Å². The molecule has 8 heavy (non-hydrogen) atoms. The summed E-state index contributed by atoms with van der Waals surface area (Å²) in [6.45, 7) is 0.995. The minimum Gasteiger partial charge on any atom is -0.380 e. The molecular formula is C6H10N2. The van der Waals surface area contributed by atoms with E-state index in [0.29, 0.717) is 0 Å². The predicted octanol–water partition coefficient (Wildman–Crippen LogP) is 0.855. The number of rotatable bonds is 0. The second-order valence-electron chi connectivity index (χ2n) is 2.07. The molecule has 0 saturated carbocycles. The minimum atomic E-state index is 0.739. The average Bonchev–Trinajstić information content (AvgIpc) is 1.77. The standard InChI is InChI=1S/C6H10N2/c1-8-4-2-6(7)3-5-8/h2,4,7H,3,5H2,1H3. The van der Waals surface area contributed by atoms with Gasteiger partial charge in [0.15, 0.2) is 0 Å². The third-order valence-corrected chi connectivity index (χ3v) is 1.26. The molecule has 0 spiro atoms. The lowest BCUT2D eigenvalue weighted by molar-refractivity contribution is 0.463. The van der Waals surface area contributed by atoms with E-state index < -0.39 is 0 Å². The Hall–Kier alpha value is -0.790. The SMILES string of the molecule is CN1C=CC(=N)CC1. The Bertz CT molecular complexity index is 126. The Morgan fingerprint density at radius 1 is 1.75 bits per heavy atom. The van der Waals surface area contributed by atoms with Gasteiger partial charge >= 0.3 is 0 Å². The van der Waals surface area contributed by atoms with Crippen molar-refractivity contribution in [2.24, 2.45) is 0 Å². The summed E-state index contributed by atoms with van der Waals surface area (Å²) in [5, 5.41) is 7.17. The molecule has 0 aliphatic carbocycles. The van der Waals surface area contributed by atoms with Crippen LogP contribution in [-0.2, 0) is 0 Å². The zero-order chi connectivity index (χ0) is 5.98. The van der Waals surface area contributed by atoms with E-state index in [1.165, 1.54) is 0 Å². The van der Waals surface area contributed by atoms with E-state index in [0.717, 1.165) is 18.7 Å². The molecule has 2 nitrogen and oxygen atoms in total. The van der Waals surface area contributed by atoms with Crippen molar-refractivity contribution in [1.29, 1.82) is 5.41 Å². The summed E-state index contributed by atoms with van der Waals surface area (Å²) in [4.78, 5) is 2.08. The lowest BCUT2D eigenvalue weighted by atomic mass is 10.2. The van der Waals surface area contributed by atoms with Crippen molar-refractivity contribution in [3.8, 4) is 0 Å². The van der Waals surface area contributed by atoms with Gasteiger partial charge in [0.2, 0.25) is 0 Å². The summed E-state index contributed by atoms with van der Waals surface area (Å²) in [7, 11) is 2.02. The quantitative estimate of drug-likeness (QED) is 0.492. The van der Waals surface area contributed by atoms with Gasteiger partial charge in [0.25, 0.3) is 0 Å². The zero-order valence-electron chi connectivity index (χ0n) is 5.02. The maximum absolute atomic E-state index is 7.17. The molecule has 0 aromatic heterocycles. The second kappa shape index (κ2) is 1.99. The van der Waals surface area contributed by atoms with Crippen LogP contribution in [0.3, 0.4) is 0 Å². The molecule has 1 aliphatic rings. The zero-order valence-corrected chi connectivity index (χ0v) is 5.02. The molecule has 0 aromatic carbocycles. The molecule has 0 bridgehead atoms. The van der Waals surface area contributed by atoms with Crippen LogP contribution in [0.4, 0.5) is 0 Å². The summed E-state index contributed by atoms with van der Waals surface area (Å²) in [6, 6.07) is 0. The molecule has 0 fully saturated rings. The molecule has 44 valence electrons. The van der Waals surface area contributed by atoms with E-state index in [1.54, 1.807) is 0 Å². The van der Waals surface area contributed by atoms with Crippen LogP contribution in [0.15, 0.2) is 12.3 Å². The van der Waals surface area contributed by atoms with Crippen molar-refractivity contribution >= 4 is 5.71 Å². The van der Waals surface area contributed by atoms with Gasteiger partial charge in [0, 0.05) is 31.9 Å². The highest BCUT2D eigenvalue weighted by Gasteiger charge is 1.99. The summed E-state index contributed by atoms with van der Waals surface area (Å²) >= 11 is 0. The van der Waals surface area contributed by atoms with Crippen LogP contribution in [0.2, 0.25) is 0 Å². The Balaban J connectivity index is 2.55. The van der Waals surface area contributed by atoms with Gasteiger partial charge < -0.3 is 10.3 Å². The fraction of sp³-hybridized carbons (Fsp3) is 0.500. The highest BCUT2D eigenvalue weighted by molar-refractivity contribution is 5.92. The van der Waals surface area contributed by atoms with Gasteiger partial charge in [-0.05, 0) is 6.08 Å². The lowest BCUT2D eigenvalue weighted by Crippen LogP contribution is -2.19. The summed E-state index contributed by atoms with van der Waals surface area (Å²) in [5.41, 5.74) is 0.739. The smallest absolute Gasteiger partial charge is 0.0345 e. The van der Waals surface area contributed by atoms with E-state index in [4.69, 9.17) is 5.41 Å². The Morgan fingerprint density at radius 2 is 2.50 bits per heavy atom. The van der Waals surface area contributed by atoms with Crippen LogP contribution in [0.5, 0.6) is 0 Å². The van der Waals surface area contributed by atoms with Crippen LogP contribution in [0.25, 0.3) is 0 Å². The van der Waals surface area contributed by atoms with E-state index >= 15 is 0 Å². The van der Waals surface area contributed by atoms with Gasteiger partial charge in [-0.25, -0.2) is 0 Å². The van der Waals surface area contributed by atoms with Crippen molar-refractivity contribution in [3.05, 3.63) is 12.3 Å². The topological polar surface area (TPSA) is 27.1 Å². The third kappa shape index (κ3) is 1.09. The van der Waals surface area contributed by atoms with Crippen molar-refractivity contribution in [2.45, 2.75) is 6.42 Å². The Labute approximate surface area is 49.3 Å². The van der Waals surface area contributed by atoms with Crippen molar-refractivity contribution in [1.82, 2.24) is 4.90 Å². The van der Waals surface area contributed by atoms with Gasteiger partial charge in [-0.2, -0.15) is 0 Å². The van der Waals surface area contributed by atoms with Gasteiger partial charge in [0.05, 0.1) is 0 Å². The molecule has 1 N–H and O–H groups in total. The average molecular weight is 110 g/mol. The van der Waals surface area contributed by atoms with Gasteiger partial charge in [-0.15, -0.1) is 0 Å². The monoisotopic (exact) mass is 110 g/mol. The molecule has 0 aromatic rings. The fourth-order valence-corrected chi connectivity index (χ4v) is 0.672. The molecular weight excluding hydrogens is 100 g/mol. The van der Waals surface area contributed by atoms with Crippen molar-refractivity contribution in [2.75, 3.05) is 13.6 Å². The van der Waals surface area contributed by atoms with E-state index in [-0.39, 0.29) is 0 Å². The third-order valence-electron chi connectivity index (χ3n) is 1.26.